The van der Waals surface area contributed by atoms with E-state index < -0.39 is 0 Å². The fraction of sp³-hybridized carbons (Fsp3) is 0.929. The van der Waals surface area contributed by atoms with Crippen molar-refractivity contribution >= 4 is 21.8 Å². The van der Waals surface area contributed by atoms with Gasteiger partial charge in [0.2, 0.25) is 5.91 Å². The maximum Gasteiger partial charge on any atom is 0.225 e. The molecular formula is C14H24BrNO. The summed E-state index contributed by atoms with van der Waals surface area (Å²) in [7, 11) is 0. The van der Waals surface area contributed by atoms with E-state index in [9.17, 15) is 4.79 Å². The Balaban J connectivity index is 1.89. The maximum absolute atomic E-state index is 12.5. The lowest BCUT2D eigenvalue weighted by Crippen LogP contribution is -2.43. The molecule has 0 spiro atoms. The Kier molecular flexibility index (Phi) is 5.33. The van der Waals surface area contributed by atoms with Crippen LogP contribution in [0.3, 0.4) is 0 Å². The first-order valence-corrected chi connectivity index (χ1v) is 8.28. The van der Waals surface area contributed by atoms with E-state index in [1.54, 1.807) is 0 Å². The summed E-state index contributed by atoms with van der Waals surface area (Å²) in [6, 6.07) is 0. The van der Waals surface area contributed by atoms with Crippen molar-refractivity contribution in [2.45, 2.75) is 51.4 Å². The van der Waals surface area contributed by atoms with Crippen molar-refractivity contribution in [3.05, 3.63) is 0 Å². The molecule has 1 aliphatic carbocycles. The number of nitrogens with zero attached hydrogens (tertiary/aromatic N) is 1. The van der Waals surface area contributed by atoms with Crippen LogP contribution in [0.5, 0.6) is 0 Å². The van der Waals surface area contributed by atoms with E-state index in [-0.39, 0.29) is 0 Å². The van der Waals surface area contributed by atoms with Crippen LogP contribution in [0.25, 0.3) is 0 Å². The molecule has 2 fully saturated rings. The van der Waals surface area contributed by atoms with Crippen molar-refractivity contribution in [3.63, 3.8) is 0 Å². The quantitative estimate of drug-likeness (QED) is 0.564. The fourth-order valence-corrected chi connectivity index (χ4v) is 3.70. The second kappa shape index (κ2) is 6.77. The molecule has 0 aromatic heterocycles. The SMILES string of the molecule is O=C(C1CCCCCC1)N1CCCC(CBr)C1. The van der Waals surface area contributed by atoms with E-state index in [2.05, 4.69) is 20.8 Å². The third-order valence-electron chi connectivity index (χ3n) is 4.25. The van der Waals surface area contributed by atoms with Crippen molar-refractivity contribution in [2.75, 3.05) is 18.4 Å². The fourth-order valence-electron chi connectivity index (χ4n) is 3.18. The molecule has 0 N–H and O–H groups in total. The number of likely N-dealkylation sites (tertiary alicyclic amines) is 1. The second-order valence-corrected chi connectivity index (χ2v) is 6.28. The molecule has 3 heteroatoms. The summed E-state index contributed by atoms with van der Waals surface area (Å²) in [6.07, 6.45) is 9.90. The molecule has 1 saturated heterocycles. The van der Waals surface area contributed by atoms with Crippen molar-refractivity contribution in [2.24, 2.45) is 11.8 Å². The Labute approximate surface area is 113 Å². The molecule has 1 atom stereocenters. The first-order valence-electron chi connectivity index (χ1n) is 7.16. The van der Waals surface area contributed by atoms with Gasteiger partial charge in [0, 0.05) is 24.3 Å². The number of carbonyl (C=O) groups is 1. The number of alkyl halides is 1. The molecule has 2 nitrogen and oxygen atoms in total. The zero-order chi connectivity index (χ0) is 12.1. The van der Waals surface area contributed by atoms with Gasteiger partial charge >= 0.3 is 0 Å². The Morgan fingerprint density at radius 1 is 1.06 bits per heavy atom. The predicted octanol–water partition coefficient (Wildman–Crippen LogP) is 3.59. The summed E-state index contributed by atoms with van der Waals surface area (Å²) in [6.45, 7) is 1.99. The van der Waals surface area contributed by atoms with E-state index in [1.807, 2.05) is 0 Å². The number of hydrogen-bond acceptors (Lipinski definition) is 1. The number of hydrogen-bond donors (Lipinski definition) is 0. The molecule has 0 aromatic rings. The highest BCUT2D eigenvalue weighted by Gasteiger charge is 2.28. The van der Waals surface area contributed by atoms with Gasteiger partial charge in [0.15, 0.2) is 0 Å². The third-order valence-corrected chi connectivity index (χ3v) is 5.17. The van der Waals surface area contributed by atoms with Gasteiger partial charge in [-0.25, -0.2) is 0 Å². The summed E-state index contributed by atoms with van der Waals surface area (Å²) in [5.41, 5.74) is 0. The molecule has 2 rings (SSSR count). The van der Waals surface area contributed by atoms with E-state index in [0.717, 1.165) is 31.3 Å². The van der Waals surface area contributed by atoms with E-state index in [4.69, 9.17) is 0 Å². The van der Waals surface area contributed by atoms with Gasteiger partial charge in [0.25, 0.3) is 0 Å². The van der Waals surface area contributed by atoms with Crippen molar-refractivity contribution in [1.82, 2.24) is 4.90 Å². The monoisotopic (exact) mass is 301 g/mol. The largest absolute Gasteiger partial charge is 0.342 e. The van der Waals surface area contributed by atoms with Crippen molar-refractivity contribution < 1.29 is 4.79 Å². The van der Waals surface area contributed by atoms with Crippen LogP contribution in [-0.2, 0) is 4.79 Å². The van der Waals surface area contributed by atoms with Crippen molar-refractivity contribution in [1.29, 1.82) is 0 Å². The summed E-state index contributed by atoms with van der Waals surface area (Å²) in [5, 5.41) is 1.04. The molecule has 0 aromatic carbocycles. The van der Waals surface area contributed by atoms with Crippen LogP contribution in [-0.4, -0.2) is 29.2 Å². The highest BCUT2D eigenvalue weighted by Crippen LogP contribution is 2.27. The smallest absolute Gasteiger partial charge is 0.225 e. The van der Waals surface area contributed by atoms with Crippen molar-refractivity contribution in [3.8, 4) is 0 Å². The van der Waals surface area contributed by atoms with Gasteiger partial charge in [-0.1, -0.05) is 41.6 Å². The lowest BCUT2D eigenvalue weighted by Gasteiger charge is -2.34. The number of carbonyl (C=O) groups excluding carboxylic acids is 1. The number of piperidine rings is 1. The van der Waals surface area contributed by atoms with Gasteiger partial charge in [0.1, 0.15) is 0 Å². The molecule has 1 unspecified atom stereocenters. The number of halogens is 1. The summed E-state index contributed by atoms with van der Waals surface area (Å²) in [4.78, 5) is 14.6. The summed E-state index contributed by atoms with van der Waals surface area (Å²) < 4.78 is 0. The molecule has 1 heterocycles. The van der Waals surface area contributed by atoms with Gasteiger partial charge in [-0.05, 0) is 31.6 Å². The first kappa shape index (κ1) is 13.4. The molecule has 98 valence electrons. The molecule has 2 aliphatic rings. The lowest BCUT2D eigenvalue weighted by molar-refractivity contribution is -0.137. The maximum atomic E-state index is 12.5. The Morgan fingerprint density at radius 2 is 1.76 bits per heavy atom. The predicted molar refractivity (Wildman–Crippen MR) is 74.3 cm³/mol. The Bertz CT molecular complexity index is 249. The van der Waals surface area contributed by atoms with Gasteiger partial charge in [0.05, 0.1) is 0 Å². The minimum atomic E-state index is 0.339. The summed E-state index contributed by atoms with van der Waals surface area (Å²) in [5.74, 6) is 1.47. The van der Waals surface area contributed by atoms with E-state index in [0.29, 0.717) is 17.7 Å². The van der Waals surface area contributed by atoms with Gasteiger partial charge < -0.3 is 4.90 Å². The Hall–Kier alpha value is -0.0500. The number of rotatable bonds is 2. The van der Waals surface area contributed by atoms with Gasteiger partial charge in [-0.3, -0.25) is 4.79 Å². The van der Waals surface area contributed by atoms with Crippen LogP contribution >= 0.6 is 15.9 Å². The highest BCUT2D eigenvalue weighted by molar-refractivity contribution is 9.09. The molecule has 0 radical (unpaired) electrons. The average molecular weight is 302 g/mol. The molecule has 0 bridgehead atoms. The molecule has 17 heavy (non-hydrogen) atoms. The van der Waals surface area contributed by atoms with Crippen LogP contribution in [0.15, 0.2) is 0 Å². The van der Waals surface area contributed by atoms with Crippen LogP contribution in [0.4, 0.5) is 0 Å². The first-order chi connectivity index (χ1) is 8.31. The van der Waals surface area contributed by atoms with E-state index >= 15 is 0 Å². The van der Waals surface area contributed by atoms with E-state index in [1.165, 1.54) is 38.5 Å². The summed E-state index contributed by atoms with van der Waals surface area (Å²) >= 11 is 3.56. The normalized spacial score (nSPS) is 27.8. The highest BCUT2D eigenvalue weighted by atomic mass is 79.9. The molecule has 1 aliphatic heterocycles. The second-order valence-electron chi connectivity index (χ2n) is 5.64. The Morgan fingerprint density at radius 3 is 2.41 bits per heavy atom. The number of amides is 1. The van der Waals surface area contributed by atoms with Gasteiger partial charge in [-0.2, -0.15) is 0 Å². The molecular weight excluding hydrogens is 278 g/mol. The van der Waals surface area contributed by atoms with Crippen LogP contribution in [0.1, 0.15) is 51.4 Å². The average Bonchev–Trinajstić information content (AvgIpc) is 2.67. The third kappa shape index (κ3) is 3.70. The minimum absolute atomic E-state index is 0.339. The molecule has 1 saturated carbocycles. The topological polar surface area (TPSA) is 20.3 Å². The zero-order valence-electron chi connectivity index (χ0n) is 10.7. The van der Waals surface area contributed by atoms with Crippen LogP contribution < -0.4 is 0 Å². The van der Waals surface area contributed by atoms with Crippen LogP contribution in [0, 0.1) is 11.8 Å². The minimum Gasteiger partial charge on any atom is -0.342 e. The van der Waals surface area contributed by atoms with Crippen LogP contribution in [0.2, 0.25) is 0 Å². The standard InChI is InChI=1S/C14H24BrNO/c15-10-12-6-5-9-16(11-12)14(17)13-7-3-1-2-4-8-13/h12-13H,1-11H2. The zero-order valence-corrected chi connectivity index (χ0v) is 12.3. The lowest BCUT2D eigenvalue weighted by atomic mass is 9.95. The van der Waals surface area contributed by atoms with Gasteiger partial charge in [-0.15, -0.1) is 0 Å². The molecule has 1 amide bonds.